The summed E-state index contributed by atoms with van der Waals surface area (Å²) in [4.78, 5) is 43.0. The lowest BCUT2D eigenvalue weighted by Gasteiger charge is -2.08. The predicted octanol–water partition coefficient (Wildman–Crippen LogP) is 2.44. The normalized spacial score (nSPS) is 10.6. The Bertz CT molecular complexity index is 1150. The molecule has 0 atom stereocenters. The van der Waals surface area contributed by atoms with Crippen molar-refractivity contribution in [1.82, 2.24) is 20.2 Å². The molecule has 14 heteroatoms. The molecule has 0 radical (unpaired) electrons. The van der Waals surface area contributed by atoms with Gasteiger partial charge in [-0.3, -0.25) is 24.7 Å². The van der Waals surface area contributed by atoms with Gasteiger partial charge in [-0.15, -0.1) is 10.2 Å². The number of benzene rings is 1. The summed E-state index contributed by atoms with van der Waals surface area (Å²) < 4.78 is 13.7. The van der Waals surface area contributed by atoms with E-state index in [-0.39, 0.29) is 33.9 Å². The smallest absolute Gasteiger partial charge is 0.277 e. The Morgan fingerprint density at radius 1 is 1.19 bits per heavy atom. The molecule has 1 aromatic carbocycles. The van der Waals surface area contributed by atoms with Crippen LogP contribution < -0.4 is 21.9 Å². The molecule has 3 rings (SSSR count). The van der Waals surface area contributed by atoms with E-state index in [4.69, 9.17) is 5.73 Å². The van der Waals surface area contributed by atoms with E-state index in [1.807, 2.05) is 6.92 Å². The Kier molecular flexibility index (Phi) is 7.59. The topological polar surface area (TPSA) is 156 Å². The molecular formula is C17H16FN7O3S3. The van der Waals surface area contributed by atoms with Crippen molar-refractivity contribution in [2.45, 2.75) is 16.4 Å². The van der Waals surface area contributed by atoms with Crippen molar-refractivity contribution in [3.63, 3.8) is 0 Å². The Balaban J connectivity index is 1.60. The van der Waals surface area contributed by atoms with Gasteiger partial charge in [0.05, 0.1) is 5.75 Å². The minimum Gasteiger partial charge on any atom is -0.382 e. The van der Waals surface area contributed by atoms with Crippen molar-refractivity contribution >= 4 is 63.3 Å². The largest absolute Gasteiger partial charge is 0.382 e. The Morgan fingerprint density at radius 2 is 1.94 bits per heavy atom. The SMILES string of the molecule is CCSc1nnc(NC(=O)CSc2nc(N)c(NC(=O)c3ccc(F)cc3)c(=O)[nH]2)s1. The summed E-state index contributed by atoms with van der Waals surface area (Å²) >= 11 is 3.74. The first-order valence-corrected chi connectivity index (χ1v) is 11.5. The molecule has 2 heterocycles. The fraction of sp³-hybridized carbons (Fsp3) is 0.176. The Labute approximate surface area is 187 Å². The maximum absolute atomic E-state index is 13.0. The van der Waals surface area contributed by atoms with Crippen molar-refractivity contribution in [1.29, 1.82) is 0 Å². The zero-order chi connectivity index (χ0) is 22.4. The van der Waals surface area contributed by atoms with Crippen LogP contribution in [0.1, 0.15) is 17.3 Å². The molecule has 2 amide bonds. The third-order valence-electron chi connectivity index (χ3n) is 3.53. The number of thioether (sulfide) groups is 2. The fourth-order valence-electron chi connectivity index (χ4n) is 2.18. The van der Waals surface area contributed by atoms with E-state index in [1.165, 1.54) is 35.2 Å². The van der Waals surface area contributed by atoms with Crippen LogP contribution >= 0.6 is 34.9 Å². The van der Waals surface area contributed by atoms with E-state index < -0.39 is 17.3 Å². The van der Waals surface area contributed by atoms with E-state index in [9.17, 15) is 18.8 Å². The van der Waals surface area contributed by atoms with Gasteiger partial charge in [0.15, 0.2) is 15.3 Å². The summed E-state index contributed by atoms with van der Waals surface area (Å²) in [6.07, 6.45) is 0. The Hall–Kier alpha value is -2.97. The molecule has 10 nitrogen and oxygen atoms in total. The van der Waals surface area contributed by atoms with Crippen LogP contribution in [0, 0.1) is 5.82 Å². The monoisotopic (exact) mass is 481 g/mol. The second-order valence-corrected chi connectivity index (χ2v) is 9.19. The summed E-state index contributed by atoms with van der Waals surface area (Å²) in [7, 11) is 0. The lowest BCUT2D eigenvalue weighted by atomic mass is 10.2. The van der Waals surface area contributed by atoms with Crippen LogP contribution in [0.3, 0.4) is 0 Å². The number of aromatic nitrogens is 4. The van der Waals surface area contributed by atoms with Crippen LogP contribution in [-0.2, 0) is 4.79 Å². The van der Waals surface area contributed by atoms with Gasteiger partial charge in [-0.2, -0.15) is 0 Å². The third kappa shape index (κ3) is 6.26. The number of amides is 2. The second-order valence-electron chi connectivity index (χ2n) is 5.74. The summed E-state index contributed by atoms with van der Waals surface area (Å²) in [5.41, 5.74) is 5.02. The number of nitrogens with zero attached hydrogens (tertiary/aromatic N) is 3. The van der Waals surface area contributed by atoms with Crippen LogP contribution in [0.4, 0.5) is 21.0 Å². The van der Waals surface area contributed by atoms with Crippen LogP contribution in [-0.4, -0.2) is 43.5 Å². The van der Waals surface area contributed by atoms with E-state index in [1.54, 1.807) is 0 Å². The lowest BCUT2D eigenvalue weighted by molar-refractivity contribution is -0.113. The molecular weight excluding hydrogens is 465 g/mol. The standard InChI is InChI=1S/C17H16FN7O3S3/c1-2-29-17-25-24-16(31-17)20-10(26)7-30-15-22-12(19)11(14(28)23-15)21-13(27)8-3-5-9(18)6-4-8/h3-6H,2,7H2,1H3,(H,21,27)(H,20,24,26)(H3,19,22,23,28). The molecule has 0 saturated heterocycles. The van der Waals surface area contributed by atoms with Crippen LogP contribution in [0.2, 0.25) is 0 Å². The minimum atomic E-state index is -0.684. The van der Waals surface area contributed by atoms with E-state index in [0.29, 0.717) is 5.13 Å². The van der Waals surface area contributed by atoms with Gasteiger partial charge in [-0.05, 0) is 30.0 Å². The third-order valence-corrected chi connectivity index (χ3v) is 6.26. The molecule has 0 unspecified atom stereocenters. The number of rotatable bonds is 8. The van der Waals surface area contributed by atoms with Gasteiger partial charge in [0.1, 0.15) is 11.5 Å². The molecule has 0 aliphatic heterocycles. The number of nitrogen functional groups attached to an aromatic ring is 1. The molecule has 162 valence electrons. The van der Waals surface area contributed by atoms with Crippen molar-refractivity contribution in [2.24, 2.45) is 0 Å². The molecule has 0 saturated carbocycles. The van der Waals surface area contributed by atoms with Crippen molar-refractivity contribution in [2.75, 3.05) is 27.9 Å². The van der Waals surface area contributed by atoms with Gasteiger partial charge in [0, 0.05) is 5.56 Å². The number of anilines is 3. The first kappa shape index (κ1) is 22.7. The van der Waals surface area contributed by atoms with E-state index >= 15 is 0 Å². The fourth-order valence-corrected chi connectivity index (χ4v) is 4.51. The molecule has 31 heavy (non-hydrogen) atoms. The first-order valence-electron chi connectivity index (χ1n) is 8.71. The maximum atomic E-state index is 13.0. The van der Waals surface area contributed by atoms with Crippen LogP contribution in [0.25, 0.3) is 0 Å². The summed E-state index contributed by atoms with van der Waals surface area (Å²) in [5.74, 6) is -0.918. The zero-order valence-corrected chi connectivity index (χ0v) is 18.4. The van der Waals surface area contributed by atoms with Crippen molar-refractivity contribution < 1.29 is 14.0 Å². The van der Waals surface area contributed by atoms with Gasteiger partial charge < -0.3 is 11.1 Å². The molecule has 0 fully saturated rings. The molecule has 3 aromatic rings. The van der Waals surface area contributed by atoms with Gasteiger partial charge >= 0.3 is 0 Å². The van der Waals surface area contributed by atoms with Gasteiger partial charge in [0.2, 0.25) is 11.0 Å². The Morgan fingerprint density at radius 3 is 2.61 bits per heavy atom. The number of nitrogens with one attached hydrogen (secondary N) is 3. The van der Waals surface area contributed by atoms with Gasteiger partial charge in [-0.1, -0.05) is 41.8 Å². The van der Waals surface area contributed by atoms with Crippen LogP contribution in [0.15, 0.2) is 38.6 Å². The molecule has 0 bridgehead atoms. The summed E-state index contributed by atoms with van der Waals surface area (Å²) in [5, 5.41) is 13.3. The zero-order valence-electron chi connectivity index (χ0n) is 16.0. The van der Waals surface area contributed by atoms with Gasteiger partial charge in [0.25, 0.3) is 11.5 Å². The number of nitrogens with two attached hydrogens (primary N) is 1. The maximum Gasteiger partial charge on any atom is 0.277 e. The number of H-pyrrole nitrogens is 1. The molecule has 0 spiro atoms. The van der Waals surface area contributed by atoms with Crippen molar-refractivity contribution in [3.8, 4) is 0 Å². The molecule has 0 aliphatic carbocycles. The number of hydrogen-bond acceptors (Lipinski definition) is 10. The van der Waals surface area contributed by atoms with Crippen molar-refractivity contribution in [3.05, 3.63) is 46.0 Å². The summed E-state index contributed by atoms with van der Waals surface area (Å²) in [6.45, 7) is 1.99. The predicted molar refractivity (Wildman–Crippen MR) is 119 cm³/mol. The second kappa shape index (κ2) is 10.4. The molecule has 2 aromatic heterocycles. The average Bonchev–Trinajstić information content (AvgIpc) is 3.16. The number of hydrogen-bond donors (Lipinski definition) is 4. The number of aromatic amines is 1. The van der Waals surface area contributed by atoms with E-state index in [0.717, 1.165) is 34.0 Å². The number of carbonyl (C=O) groups is 2. The number of halogens is 1. The highest BCUT2D eigenvalue weighted by Gasteiger charge is 2.15. The highest BCUT2D eigenvalue weighted by Crippen LogP contribution is 2.25. The first-order chi connectivity index (χ1) is 14.9. The average molecular weight is 482 g/mol. The molecule has 0 aliphatic rings. The summed E-state index contributed by atoms with van der Waals surface area (Å²) in [6, 6.07) is 4.79. The lowest BCUT2D eigenvalue weighted by Crippen LogP contribution is -2.23. The molecule has 5 N–H and O–H groups in total. The minimum absolute atomic E-state index is 0.0561. The number of carbonyl (C=O) groups excluding carboxylic acids is 2. The van der Waals surface area contributed by atoms with Gasteiger partial charge in [-0.25, -0.2) is 9.37 Å². The highest BCUT2D eigenvalue weighted by molar-refractivity contribution is 8.01. The van der Waals surface area contributed by atoms with E-state index in [2.05, 4.69) is 30.8 Å². The highest BCUT2D eigenvalue weighted by atomic mass is 32.2. The quantitative estimate of drug-likeness (QED) is 0.216. The van der Waals surface area contributed by atoms with Crippen LogP contribution in [0.5, 0.6) is 0 Å².